The summed E-state index contributed by atoms with van der Waals surface area (Å²) in [5, 5.41) is 5.42. The fourth-order valence-electron chi connectivity index (χ4n) is 2.89. The van der Waals surface area contributed by atoms with E-state index in [0.717, 1.165) is 22.6 Å². The van der Waals surface area contributed by atoms with Gasteiger partial charge in [0.05, 0.1) is 17.9 Å². The first-order valence-electron chi connectivity index (χ1n) is 9.27. The zero-order chi connectivity index (χ0) is 20.8. The fraction of sp³-hybridized carbons (Fsp3) is 0.227. The second kappa shape index (κ2) is 9.45. The monoisotopic (exact) mass is 408 g/mol. The van der Waals surface area contributed by atoms with Crippen molar-refractivity contribution < 1.29 is 9.59 Å². The molecule has 6 nitrogen and oxygen atoms in total. The van der Waals surface area contributed by atoms with Gasteiger partial charge >= 0.3 is 0 Å². The Morgan fingerprint density at radius 2 is 1.76 bits per heavy atom. The third kappa shape index (κ3) is 5.73. The lowest BCUT2D eigenvalue weighted by atomic mass is 10.2. The average Bonchev–Trinajstić information content (AvgIpc) is 3.11. The minimum absolute atomic E-state index is 0.0841. The van der Waals surface area contributed by atoms with Crippen molar-refractivity contribution in [2.75, 3.05) is 23.8 Å². The summed E-state index contributed by atoms with van der Waals surface area (Å²) in [4.78, 5) is 32.5. The summed E-state index contributed by atoms with van der Waals surface area (Å²) in [6.07, 6.45) is 0. The minimum atomic E-state index is -0.0923. The number of hydrogen-bond donors (Lipinski definition) is 1. The van der Waals surface area contributed by atoms with Gasteiger partial charge in [0, 0.05) is 24.5 Å². The summed E-state index contributed by atoms with van der Waals surface area (Å²) in [6, 6.07) is 17.1. The predicted octanol–water partition coefficient (Wildman–Crippen LogP) is 4.21. The third-order valence-electron chi connectivity index (χ3n) is 4.24. The number of hydrogen-bond acceptors (Lipinski definition) is 5. The second-order valence-electron chi connectivity index (χ2n) is 6.90. The largest absolute Gasteiger partial charge is 0.325 e. The highest BCUT2D eigenvalue weighted by atomic mass is 32.1. The van der Waals surface area contributed by atoms with Crippen molar-refractivity contribution in [3.05, 3.63) is 71.2 Å². The van der Waals surface area contributed by atoms with Crippen LogP contribution in [0.1, 0.15) is 18.2 Å². The Hall–Kier alpha value is -3.03. The molecule has 0 radical (unpaired) electrons. The van der Waals surface area contributed by atoms with Gasteiger partial charge in [0.25, 0.3) is 0 Å². The van der Waals surface area contributed by atoms with Gasteiger partial charge in [-0.05, 0) is 38.2 Å². The van der Waals surface area contributed by atoms with E-state index in [1.807, 2.05) is 78.8 Å². The summed E-state index contributed by atoms with van der Waals surface area (Å²) < 4.78 is 0. The van der Waals surface area contributed by atoms with Crippen molar-refractivity contribution in [2.45, 2.75) is 20.4 Å². The normalized spacial score (nSPS) is 10.8. The maximum atomic E-state index is 12.2. The minimum Gasteiger partial charge on any atom is -0.325 e. The lowest BCUT2D eigenvalue weighted by Gasteiger charge is -2.18. The summed E-state index contributed by atoms with van der Waals surface area (Å²) in [5.74, 6) is -0.176. The molecule has 0 saturated heterocycles. The second-order valence-corrected chi connectivity index (χ2v) is 7.73. The van der Waals surface area contributed by atoms with Crippen LogP contribution in [0.4, 0.5) is 16.5 Å². The first-order chi connectivity index (χ1) is 13.9. The summed E-state index contributed by atoms with van der Waals surface area (Å²) in [5.41, 5.74) is 3.52. The first kappa shape index (κ1) is 20.7. The number of nitrogens with one attached hydrogen (secondary N) is 1. The molecule has 0 bridgehead atoms. The number of nitrogens with zero attached hydrogens (tertiary/aromatic N) is 3. The van der Waals surface area contributed by atoms with Gasteiger partial charge in [0.1, 0.15) is 0 Å². The highest BCUT2D eigenvalue weighted by molar-refractivity contribution is 7.14. The predicted molar refractivity (Wildman–Crippen MR) is 118 cm³/mol. The third-order valence-corrected chi connectivity index (χ3v) is 5.12. The Morgan fingerprint density at radius 1 is 1.07 bits per heavy atom. The number of carbonyl (C=O) groups is 2. The number of para-hydroxylation sites is 1. The van der Waals surface area contributed by atoms with Crippen molar-refractivity contribution in [2.24, 2.45) is 0 Å². The average molecular weight is 409 g/mol. The van der Waals surface area contributed by atoms with Gasteiger partial charge in [0.15, 0.2) is 5.13 Å². The number of rotatable bonds is 7. The number of benzene rings is 2. The van der Waals surface area contributed by atoms with Gasteiger partial charge < -0.3 is 5.32 Å². The van der Waals surface area contributed by atoms with Gasteiger partial charge in [-0.2, -0.15) is 0 Å². The molecule has 0 aliphatic rings. The maximum Gasteiger partial charge on any atom is 0.238 e. The Bertz CT molecular complexity index is 970. The zero-order valence-corrected chi connectivity index (χ0v) is 17.6. The van der Waals surface area contributed by atoms with Gasteiger partial charge in [-0.1, -0.05) is 35.9 Å². The van der Waals surface area contributed by atoms with Crippen LogP contribution in [0.15, 0.2) is 60.0 Å². The lowest BCUT2D eigenvalue weighted by Crippen LogP contribution is -2.30. The molecule has 0 spiro atoms. The number of carbonyl (C=O) groups excluding carboxylic acids is 2. The van der Waals surface area contributed by atoms with Crippen LogP contribution in [0, 0.1) is 6.92 Å². The van der Waals surface area contributed by atoms with E-state index < -0.39 is 0 Å². The Morgan fingerprint density at radius 3 is 2.41 bits per heavy atom. The van der Waals surface area contributed by atoms with Crippen LogP contribution in [-0.2, 0) is 16.1 Å². The van der Waals surface area contributed by atoms with Crippen LogP contribution >= 0.6 is 11.3 Å². The molecule has 1 N–H and O–H groups in total. The van der Waals surface area contributed by atoms with Crippen LogP contribution in [-0.4, -0.2) is 35.3 Å². The first-order valence-corrected chi connectivity index (χ1v) is 10.2. The zero-order valence-electron chi connectivity index (χ0n) is 16.8. The Balaban J connectivity index is 1.63. The molecule has 0 atom stereocenters. The number of thiazole rings is 1. The lowest BCUT2D eigenvalue weighted by molar-refractivity contribution is -0.117. The Labute approximate surface area is 174 Å². The number of aryl methyl sites for hydroxylation is 1. The molecule has 2 amide bonds. The van der Waals surface area contributed by atoms with Gasteiger partial charge in [-0.3, -0.25) is 19.4 Å². The molecule has 0 aliphatic carbocycles. The van der Waals surface area contributed by atoms with E-state index in [-0.39, 0.29) is 18.4 Å². The molecule has 29 heavy (non-hydrogen) atoms. The van der Waals surface area contributed by atoms with Crippen molar-refractivity contribution >= 4 is 39.7 Å². The summed E-state index contributed by atoms with van der Waals surface area (Å²) in [7, 11) is 1.87. The van der Waals surface area contributed by atoms with Crippen LogP contribution in [0.25, 0.3) is 0 Å². The Kier molecular flexibility index (Phi) is 6.74. The number of aromatic nitrogens is 1. The van der Waals surface area contributed by atoms with Crippen molar-refractivity contribution in [1.29, 1.82) is 0 Å². The van der Waals surface area contributed by atoms with Crippen LogP contribution in [0.3, 0.4) is 0 Å². The van der Waals surface area contributed by atoms with E-state index in [9.17, 15) is 9.59 Å². The van der Waals surface area contributed by atoms with E-state index in [0.29, 0.717) is 11.7 Å². The highest BCUT2D eigenvalue weighted by Crippen LogP contribution is 2.29. The number of likely N-dealkylation sites (N-methyl/N-ethyl adjacent to an activating group) is 1. The van der Waals surface area contributed by atoms with E-state index in [1.165, 1.54) is 18.3 Å². The van der Waals surface area contributed by atoms with E-state index in [4.69, 9.17) is 0 Å². The highest BCUT2D eigenvalue weighted by Gasteiger charge is 2.18. The standard InChI is InChI=1S/C22H24N4O2S/c1-16-9-11-20(12-10-16)26(17(2)27)22-24-19(15-29-22)13-25(3)14-21(28)23-18-7-5-4-6-8-18/h4-12,15H,13-14H2,1-3H3,(H,23,28). The molecule has 2 aromatic carbocycles. The molecule has 0 saturated carbocycles. The van der Waals surface area contributed by atoms with Crippen molar-refractivity contribution in [3.63, 3.8) is 0 Å². The topological polar surface area (TPSA) is 65.5 Å². The SMILES string of the molecule is CC(=O)N(c1ccc(C)cc1)c1nc(CN(C)CC(=O)Nc2ccccc2)cs1. The van der Waals surface area contributed by atoms with E-state index in [1.54, 1.807) is 4.90 Å². The maximum absolute atomic E-state index is 12.2. The number of amides is 2. The summed E-state index contributed by atoms with van der Waals surface area (Å²) in [6.45, 7) is 4.29. The fourth-order valence-corrected chi connectivity index (χ4v) is 3.77. The quantitative estimate of drug-likeness (QED) is 0.636. The molecular weight excluding hydrogens is 384 g/mol. The smallest absolute Gasteiger partial charge is 0.238 e. The van der Waals surface area contributed by atoms with Crippen LogP contribution in [0.2, 0.25) is 0 Å². The molecule has 0 unspecified atom stereocenters. The molecule has 1 aromatic heterocycles. The molecule has 3 aromatic rings. The molecule has 150 valence electrons. The summed E-state index contributed by atoms with van der Waals surface area (Å²) >= 11 is 1.42. The molecule has 0 fully saturated rings. The number of anilines is 3. The molecule has 3 rings (SSSR count). The van der Waals surface area contributed by atoms with Crippen LogP contribution in [0.5, 0.6) is 0 Å². The van der Waals surface area contributed by atoms with Crippen molar-refractivity contribution in [1.82, 2.24) is 9.88 Å². The van der Waals surface area contributed by atoms with Crippen molar-refractivity contribution in [3.8, 4) is 0 Å². The molecule has 1 heterocycles. The molecule has 0 aliphatic heterocycles. The van der Waals surface area contributed by atoms with E-state index >= 15 is 0 Å². The van der Waals surface area contributed by atoms with Gasteiger partial charge in [-0.25, -0.2) is 4.98 Å². The van der Waals surface area contributed by atoms with E-state index in [2.05, 4.69) is 10.3 Å². The van der Waals surface area contributed by atoms with Crippen LogP contribution < -0.4 is 10.2 Å². The van der Waals surface area contributed by atoms with Gasteiger partial charge in [0.2, 0.25) is 11.8 Å². The molecular formula is C22H24N4O2S. The van der Waals surface area contributed by atoms with Gasteiger partial charge in [-0.15, -0.1) is 11.3 Å². The molecule has 7 heteroatoms.